The number of aromatic nitrogens is 3. The first-order valence-electron chi connectivity index (χ1n) is 8.92. The van der Waals surface area contributed by atoms with E-state index >= 15 is 0 Å². The molecule has 2 aromatic heterocycles. The van der Waals surface area contributed by atoms with Crippen molar-refractivity contribution in [3.05, 3.63) is 42.4 Å². The molecule has 26 heavy (non-hydrogen) atoms. The maximum atomic E-state index is 13.1. The lowest BCUT2D eigenvalue weighted by atomic mass is 10.2. The first kappa shape index (κ1) is 16.7. The number of nitrogens with zero attached hydrogens (tertiary/aromatic N) is 6. The average molecular weight is 354 g/mol. The van der Waals surface area contributed by atoms with E-state index in [1.54, 1.807) is 24.7 Å². The lowest BCUT2D eigenvalue weighted by Crippen LogP contribution is -2.49. The molecular formula is C18H22N6O2. The minimum Gasteiger partial charge on any atom is -0.378 e. The highest BCUT2D eigenvalue weighted by Crippen LogP contribution is 2.21. The highest BCUT2D eigenvalue weighted by molar-refractivity contribution is 5.99. The van der Waals surface area contributed by atoms with Crippen LogP contribution in [0.25, 0.3) is 0 Å². The van der Waals surface area contributed by atoms with Crippen LogP contribution in [0.2, 0.25) is 0 Å². The van der Waals surface area contributed by atoms with Crippen molar-refractivity contribution in [1.82, 2.24) is 19.9 Å². The summed E-state index contributed by atoms with van der Waals surface area (Å²) < 4.78 is 5.41. The fourth-order valence-electron chi connectivity index (χ4n) is 3.33. The third kappa shape index (κ3) is 3.45. The van der Waals surface area contributed by atoms with E-state index in [-0.39, 0.29) is 5.91 Å². The van der Waals surface area contributed by atoms with Gasteiger partial charge in [-0.05, 0) is 18.2 Å². The van der Waals surface area contributed by atoms with Crippen LogP contribution in [0.5, 0.6) is 0 Å². The molecule has 0 aliphatic carbocycles. The lowest BCUT2D eigenvalue weighted by Gasteiger charge is -2.35. The van der Waals surface area contributed by atoms with Gasteiger partial charge in [-0.25, -0.2) is 15.0 Å². The number of hydrogen-bond acceptors (Lipinski definition) is 7. The predicted molar refractivity (Wildman–Crippen MR) is 97.4 cm³/mol. The zero-order valence-electron chi connectivity index (χ0n) is 14.6. The normalized spacial score (nSPS) is 18.1. The van der Waals surface area contributed by atoms with Gasteiger partial charge in [0.2, 0.25) is 5.95 Å². The Bertz CT molecular complexity index is 742. The molecule has 8 heteroatoms. The Kier molecular flexibility index (Phi) is 4.92. The zero-order chi connectivity index (χ0) is 17.8. The van der Waals surface area contributed by atoms with Gasteiger partial charge < -0.3 is 19.4 Å². The maximum absolute atomic E-state index is 13.1. The largest absolute Gasteiger partial charge is 0.378 e. The number of anilines is 2. The van der Waals surface area contributed by atoms with Gasteiger partial charge in [0.15, 0.2) is 0 Å². The topological polar surface area (TPSA) is 74.7 Å². The minimum atomic E-state index is 0.0354. The zero-order valence-corrected chi connectivity index (χ0v) is 14.6. The number of morpholine rings is 1. The smallest absolute Gasteiger partial charge is 0.257 e. The van der Waals surface area contributed by atoms with Crippen molar-refractivity contribution in [2.75, 3.05) is 62.3 Å². The van der Waals surface area contributed by atoms with Crippen LogP contribution in [-0.2, 0) is 4.74 Å². The molecule has 0 bridgehead atoms. The van der Waals surface area contributed by atoms with Gasteiger partial charge in [0.05, 0.1) is 18.8 Å². The molecule has 2 aromatic rings. The molecule has 2 aliphatic rings. The second kappa shape index (κ2) is 7.65. The quantitative estimate of drug-likeness (QED) is 0.802. The Morgan fingerprint density at radius 1 is 0.846 bits per heavy atom. The third-order valence-corrected chi connectivity index (χ3v) is 4.73. The molecule has 2 aliphatic heterocycles. The van der Waals surface area contributed by atoms with E-state index in [9.17, 15) is 4.79 Å². The number of rotatable bonds is 3. The maximum Gasteiger partial charge on any atom is 0.257 e. The molecule has 2 saturated heterocycles. The summed E-state index contributed by atoms with van der Waals surface area (Å²) in [5, 5.41) is 0. The molecule has 4 heterocycles. The second-order valence-corrected chi connectivity index (χ2v) is 6.30. The molecule has 0 aromatic carbocycles. The SMILES string of the molecule is O=C(c1cccnc1N1CCOCC1)N1CCN(c2ncccn2)CC1. The average Bonchev–Trinajstić information content (AvgIpc) is 2.75. The number of amides is 1. The Morgan fingerprint density at radius 2 is 1.54 bits per heavy atom. The summed E-state index contributed by atoms with van der Waals surface area (Å²) in [6.45, 7) is 5.60. The van der Waals surface area contributed by atoms with Crippen molar-refractivity contribution in [1.29, 1.82) is 0 Å². The molecule has 1 amide bonds. The summed E-state index contributed by atoms with van der Waals surface area (Å²) in [5.41, 5.74) is 0.666. The molecular weight excluding hydrogens is 332 g/mol. The van der Waals surface area contributed by atoms with Crippen LogP contribution in [0.4, 0.5) is 11.8 Å². The molecule has 2 fully saturated rings. The van der Waals surface area contributed by atoms with Crippen LogP contribution in [0.3, 0.4) is 0 Å². The lowest BCUT2D eigenvalue weighted by molar-refractivity contribution is 0.0745. The number of hydrogen-bond donors (Lipinski definition) is 0. The third-order valence-electron chi connectivity index (χ3n) is 4.73. The van der Waals surface area contributed by atoms with Crippen LogP contribution in [-0.4, -0.2) is 78.2 Å². The van der Waals surface area contributed by atoms with Gasteiger partial charge >= 0.3 is 0 Å². The van der Waals surface area contributed by atoms with Gasteiger partial charge in [0, 0.05) is 57.9 Å². The van der Waals surface area contributed by atoms with Gasteiger partial charge in [-0.15, -0.1) is 0 Å². The van der Waals surface area contributed by atoms with Gasteiger partial charge in [-0.2, -0.15) is 0 Å². The Hall–Kier alpha value is -2.74. The Balaban J connectivity index is 1.46. The highest BCUT2D eigenvalue weighted by Gasteiger charge is 2.27. The van der Waals surface area contributed by atoms with Crippen LogP contribution < -0.4 is 9.80 Å². The van der Waals surface area contributed by atoms with Crippen molar-refractivity contribution in [3.63, 3.8) is 0 Å². The van der Waals surface area contributed by atoms with Crippen molar-refractivity contribution >= 4 is 17.7 Å². The first-order valence-corrected chi connectivity index (χ1v) is 8.92. The summed E-state index contributed by atoms with van der Waals surface area (Å²) in [6.07, 6.45) is 5.22. The van der Waals surface area contributed by atoms with E-state index in [0.717, 1.165) is 37.9 Å². The van der Waals surface area contributed by atoms with Crippen molar-refractivity contribution in [3.8, 4) is 0 Å². The van der Waals surface area contributed by atoms with Crippen LogP contribution in [0.15, 0.2) is 36.8 Å². The molecule has 4 rings (SSSR count). The number of carbonyl (C=O) groups excluding carboxylic acids is 1. The Morgan fingerprint density at radius 3 is 2.27 bits per heavy atom. The molecule has 0 unspecified atom stereocenters. The highest BCUT2D eigenvalue weighted by atomic mass is 16.5. The van der Waals surface area contributed by atoms with E-state index in [1.807, 2.05) is 17.0 Å². The van der Waals surface area contributed by atoms with Gasteiger partial charge in [-0.3, -0.25) is 4.79 Å². The molecule has 8 nitrogen and oxygen atoms in total. The predicted octanol–water partition coefficient (Wildman–Crippen LogP) is 0.671. The second-order valence-electron chi connectivity index (χ2n) is 6.30. The molecule has 0 spiro atoms. The molecule has 0 N–H and O–H groups in total. The van der Waals surface area contributed by atoms with Crippen molar-refractivity contribution in [2.45, 2.75) is 0 Å². The van der Waals surface area contributed by atoms with Crippen LogP contribution in [0.1, 0.15) is 10.4 Å². The fourth-order valence-corrected chi connectivity index (χ4v) is 3.33. The number of pyridine rings is 1. The molecule has 136 valence electrons. The van der Waals surface area contributed by atoms with E-state index < -0.39 is 0 Å². The standard InChI is InChI=1S/C18H22N6O2/c25-17(15-3-1-4-19-16(15)22-11-13-26-14-12-22)23-7-9-24(10-8-23)18-20-5-2-6-21-18/h1-6H,7-14H2. The van der Waals surface area contributed by atoms with E-state index in [1.165, 1.54) is 0 Å². The monoisotopic (exact) mass is 354 g/mol. The summed E-state index contributed by atoms with van der Waals surface area (Å²) in [7, 11) is 0. The first-order chi connectivity index (χ1) is 12.8. The summed E-state index contributed by atoms with van der Waals surface area (Å²) >= 11 is 0. The molecule has 0 atom stereocenters. The van der Waals surface area contributed by atoms with Gasteiger partial charge in [0.1, 0.15) is 5.82 Å². The van der Waals surface area contributed by atoms with E-state index in [0.29, 0.717) is 31.9 Å². The van der Waals surface area contributed by atoms with Gasteiger partial charge in [-0.1, -0.05) is 0 Å². The van der Waals surface area contributed by atoms with Gasteiger partial charge in [0.25, 0.3) is 5.91 Å². The van der Waals surface area contributed by atoms with E-state index in [2.05, 4.69) is 24.8 Å². The van der Waals surface area contributed by atoms with Crippen LogP contribution in [0, 0.1) is 0 Å². The number of piperazine rings is 1. The number of ether oxygens (including phenoxy) is 1. The summed E-state index contributed by atoms with van der Waals surface area (Å²) in [4.78, 5) is 32.3. The Labute approximate surface area is 152 Å². The molecule has 0 saturated carbocycles. The number of carbonyl (C=O) groups is 1. The van der Waals surface area contributed by atoms with Crippen molar-refractivity contribution < 1.29 is 9.53 Å². The summed E-state index contributed by atoms with van der Waals surface area (Å²) in [6, 6.07) is 5.50. The van der Waals surface area contributed by atoms with E-state index in [4.69, 9.17) is 4.74 Å². The summed E-state index contributed by atoms with van der Waals surface area (Å²) in [5.74, 6) is 1.51. The van der Waals surface area contributed by atoms with Crippen LogP contribution >= 0.6 is 0 Å². The minimum absolute atomic E-state index is 0.0354. The fraction of sp³-hybridized carbons (Fsp3) is 0.444. The molecule has 0 radical (unpaired) electrons. The van der Waals surface area contributed by atoms with Crippen molar-refractivity contribution in [2.24, 2.45) is 0 Å².